The number of aromatic nitrogens is 2. The van der Waals surface area contributed by atoms with Crippen LogP contribution in [0.3, 0.4) is 0 Å². The molecule has 0 saturated carbocycles. The molecule has 0 atom stereocenters. The molecule has 1 amide bonds. The van der Waals surface area contributed by atoms with Gasteiger partial charge in [-0.2, -0.15) is 0 Å². The highest BCUT2D eigenvalue weighted by Crippen LogP contribution is 2.38. The van der Waals surface area contributed by atoms with Crippen LogP contribution in [0.2, 0.25) is 0 Å². The Kier molecular flexibility index (Phi) is 8.59. The lowest BCUT2D eigenvalue weighted by atomic mass is 10.0. The minimum atomic E-state index is -5.14. The first kappa shape index (κ1) is 33.1. The molecule has 5 rings (SSSR count). The number of ether oxygens (including phenoxy) is 1. The number of fused-ring (bicyclic) bond motifs is 1. The van der Waals surface area contributed by atoms with Crippen molar-refractivity contribution >= 4 is 42.5 Å². The number of rotatable bonds is 9. The fourth-order valence-electron chi connectivity index (χ4n) is 4.83. The first-order chi connectivity index (χ1) is 21.9. The molecule has 0 spiro atoms. The molecule has 2 aromatic heterocycles. The van der Waals surface area contributed by atoms with Gasteiger partial charge in [-0.3, -0.25) is 14.3 Å². The molecule has 2 heterocycles. The minimum absolute atomic E-state index is 0.0802. The Morgan fingerprint density at radius 2 is 1.70 bits per heavy atom. The van der Waals surface area contributed by atoms with Crippen molar-refractivity contribution in [1.82, 2.24) is 14.3 Å². The van der Waals surface area contributed by atoms with Crippen LogP contribution in [0.15, 0.2) is 88.7 Å². The molecule has 47 heavy (non-hydrogen) atoms. The maximum Gasteiger partial charge on any atom is 0.573 e. The highest BCUT2D eigenvalue weighted by molar-refractivity contribution is 7.92. The normalized spacial score (nSPS) is 12.2. The van der Waals surface area contributed by atoms with Crippen molar-refractivity contribution in [3.8, 4) is 16.9 Å². The van der Waals surface area contributed by atoms with E-state index in [1.807, 2.05) is 4.72 Å². The van der Waals surface area contributed by atoms with E-state index in [1.54, 1.807) is 0 Å². The van der Waals surface area contributed by atoms with Gasteiger partial charge in [-0.1, -0.05) is 6.07 Å². The van der Waals surface area contributed by atoms with Gasteiger partial charge in [-0.15, -0.1) is 13.2 Å². The largest absolute Gasteiger partial charge is 0.573 e. The Bertz CT molecular complexity index is 2320. The Hall–Kier alpha value is -5.23. The number of halogens is 5. The molecule has 0 bridgehead atoms. The number of aromatic amines is 1. The van der Waals surface area contributed by atoms with Crippen molar-refractivity contribution in [2.75, 3.05) is 11.0 Å². The van der Waals surface area contributed by atoms with Gasteiger partial charge in [0.1, 0.15) is 23.1 Å². The molecule has 5 aromatic rings. The second-order valence-corrected chi connectivity index (χ2v) is 13.5. The van der Waals surface area contributed by atoms with E-state index in [2.05, 4.69) is 14.4 Å². The summed E-state index contributed by atoms with van der Waals surface area (Å²) in [5.41, 5.74) is -2.67. The first-order valence-electron chi connectivity index (χ1n) is 13.1. The van der Waals surface area contributed by atoms with Gasteiger partial charge in [-0.25, -0.2) is 30.3 Å². The summed E-state index contributed by atoms with van der Waals surface area (Å²) < 4.78 is 128. The standard InChI is InChI=1S/C29H21F5N4O7S2/c1-46(41,42)36-18-4-2-5-20(13-18)47(43,44)37-28(40)26-25(21-6-3-11-35-27(21)39)22-14-19(45-29(32,33)34)8-10-24(22)38(26)15-16-12-17(30)7-9-23(16)31/h2-14,36H,15H2,1H3,(H,35,39)(H,37,40). The fourth-order valence-corrected chi connectivity index (χ4v) is 6.38. The number of anilines is 1. The van der Waals surface area contributed by atoms with E-state index in [-0.39, 0.29) is 33.3 Å². The predicted octanol–water partition coefficient (Wildman–Crippen LogP) is 4.71. The summed E-state index contributed by atoms with van der Waals surface area (Å²) in [6.45, 7) is -0.652. The van der Waals surface area contributed by atoms with Crippen LogP contribution in [0.25, 0.3) is 22.0 Å². The van der Waals surface area contributed by atoms with Gasteiger partial charge in [0.15, 0.2) is 0 Å². The summed E-state index contributed by atoms with van der Waals surface area (Å²) in [6, 6.07) is 12.2. The number of pyridine rings is 1. The molecular formula is C29H21F5N4O7S2. The third-order valence-electron chi connectivity index (χ3n) is 6.58. The van der Waals surface area contributed by atoms with Crippen LogP contribution in [0.4, 0.5) is 27.6 Å². The summed E-state index contributed by atoms with van der Waals surface area (Å²) in [4.78, 5) is 28.8. The Morgan fingerprint density at radius 3 is 2.38 bits per heavy atom. The quantitative estimate of drug-likeness (QED) is 0.189. The number of benzene rings is 3. The summed E-state index contributed by atoms with van der Waals surface area (Å²) in [5.74, 6) is -3.98. The van der Waals surface area contributed by atoms with Crippen LogP contribution in [-0.4, -0.2) is 44.9 Å². The number of carbonyl (C=O) groups excluding carboxylic acids is 1. The fraction of sp³-hybridized carbons (Fsp3) is 0.103. The van der Waals surface area contributed by atoms with Crippen LogP contribution < -0.4 is 19.7 Å². The predicted molar refractivity (Wildman–Crippen MR) is 160 cm³/mol. The maximum absolute atomic E-state index is 14.9. The topological polar surface area (TPSA) is 156 Å². The number of nitrogens with one attached hydrogen (secondary N) is 3. The third kappa shape index (κ3) is 7.44. The van der Waals surface area contributed by atoms with Crippen molar-refractivity contribution < 1.29 is 48.3 Å². The van der Waals surface area contributed by atoms with Gasteiger partial charge in [0.2, 0.25) is 10.0 Å². The van der Waals surface area contributed by atoms with Crippen molar-refractivity contribution in [2.24, 2.45) is 0 Å². The maximum atomic E-state index is 14.9. The molecular weight excluding hydrogens is 675 g/mol. The van der Waals surface area contributed by atoms with Gasteiger partial charge >= 0.3 is 6.36 Å². The van der Waals surface area contributed by atoms with Crippen molar-refractivity contribution in [3.05, 3.63) is 112 Å². The van der Waals surface area contributed by atoms with E-state index in [0.717, 1.165) is 59.4 Å². The Morgan fingerprint density at radius 1 is 0.957 bits per heavy atom. The second kappa shape index (κ2) is 12.2. The van der Waals surface area contributed by atoms with Crippen LogP contribution in [0, 0.1) is 11.6 Å². The molecule has 11 nitrogen and oxygen atoms in total. The number of nitrogens with zero attached hydrogens (tertiary/aromatic N) is 1. The molecule has 0 aliphatic heterocycles. The molecule has 3 N–H and O–H groups in total. The average Bonchev–Trinajstić information content (AvgIpc) is 3.26. The number of hydrogen-bond acceptors (Lipinski definition) is 7. The zero-order chi connectivity index (χ0) is 34.3. The summed E-state index contributed by atoms with van der Waals surface area (Å²) in [5, 5.41) is -0.206. The van der Waals surface area contributed by atoms with Crippen molar-refractivity contribution in [3.63, 3.8) is 0 Å². The van der Waals surface area contributed by atoms with Gasteiger partial charge < -0.3 is 14.3 Å². The molecule has 0 radical (unpaired) electrons. The minimum Gasteiger partial charge on any atom is -0.406 e. The lowest BCUT2D eigenvalue weighted by Crippen LogP contribution is -2.33. The number of amides is 1. The number of hydrogen-bond donors (Lipinski definition) is 3. The molecule has 3 aromatic carbocycles. The van der Waals surface area contributed by atoms with Gasteiger partial charge in [0.05, 0.1) is 17.7 Å². The molecule has 0 aliphatic rings. The molecule has 18 heteroatoms. The van der Waals surface area contributed by atoms with Gasteiger partial charge in [0, 0.05) is 39.5 Å². The van der Waals surface area contributed by atoms with Crippen molar-refractivity contribution in [2.45, 2.75) is 17.8 Å². The van der Waals surface area contributed by atoms with Gasteiger partial charge in [0.25, 0.3) is 21.5 Å². The number of sulfonamides is 2. The zero-order valence-corrected chi connectivity index (χ0v) is 25.4. The monoisotopic (exact) mass is 696 g/mol. The lowest BCUT2D eigenvalue weighted by Gasteiger charge is -2.14. The molecule has 0 aliphatic carbocycles. The van der Waals surface area contributed by atoms with E-state index in [4.69, 9.17) is 0 Å². The molecule has 0 unspecified atom stereocenters. The second-order valence-electron chi connectivity index (χ2n) is 10.0. The Labute approximate surface area is 262 Å². The van der Waals surface area contributed by atoms with Crippen molar-refractivity contribution in [1.29, 1.82) is 0 Å². The SMILES string of the molecule is CS(=O)(=O)Nc1cccc(S(=O)(=O)NC(=O)c2c(-c3ccc[nH]c3=O)c3cc(OC(F)(F)F)ccc3n2Cc2cc(F)ccc2F)c1. The smallest absolute Gasteiger partial charge is 0.406 e. The lowest BCUT2D eigenvalue weighted by molar-refractivity contribution is -0.274. The summed E-state index contributed by atoms with van der Waals surface area (Å²) >= 11 is 0. The number of carbonyl (C=O) groups is 1. The van der Waals surface area contributed by atoms with E-state index in [9.17, 15) is 48.4 Å². The molecule has 246 valence electrons. The van der Waals surface area contributed by atoms with Crippen LogP contribution in [0.5, 0.6) is 5.75 Å². The average molecular weight is 697 g/mol. The van der Waals surface area contributed by atoms with Crippen LogP contribution >= 0.6 is 0 Å². The highest BCUT2D eigenvalue weighted by atomic mass is 32.2. The van der Waals surface area contributed by atoms with Crippen LogP contribution in [-0.2, 0) is 26.6 Å². The summed E-state index contributed by atoms with van der Waals surface area (Å²) in [7, 11) is -8.63. The molecule has 0 fully saturated rings. The zero-order valence-electron chi connectivity index (χ0n) is 23.7. The first-order valence-corrected chi connectivity index (χ1v) is 16.5. The van der Waals surface area contributed by atoms with E-state index in [1.165, 1.54) is 30.5 Å². The molecule has 0 saturated heterocycles. The summed E-state index contributed by atoms with van der Waals surface area (Å²) in [6.07, 6.45) is -3.08. The highest BCUT2D eigenvalue weighted by Gasteiger charge is 2.33. The number of H-pyrrole nitrogens is 1. The third-order valence-corrected chi connectivity index (χ3v) is 8.52. The van der Waals surface area contributed by atoms with E-state index >= 15 is 0 Å². The van der Waals surface area contributed by atoms with E-state index in [0.29, 0.717) is 0 Å². The van der Waals surface area contributed by atoms with Gasteiger partial charge in [-0.05, 0) is 66.7 Å². The Balaban J connectivity index is 1.76. The number of alkyl halides is 3. The van der Waals surface area contributed by atoms with Crippen LogP contribution in [0.1, 0.15) is 16.1 Å². The van der Waals surface area contributed by atoms with E-state index < -0.39 is 72.4 Å².